The molecule has 86 valence electrons. The molecule has 0 amide bonds. The molecule has 0 spiro atoms. The van der Waals surface area contributed by atoms with Gasteiger partial charge in [0.05, 0.1) is 5.56 Å². The first kappa shape index (κ1) is 12.2. The average Bonchev–Trinajstić information content (AvgIpc) is 2.15. The van der Waals surface area contributed by atoms with Crippen LogP contribution in [-0.2, 0) is 4.74 Å². The number of anilines is 1. The van der Waals surface area contributed by atoms with Crippen LogP contribution in [0.15, 0.2) is 18.2 Å². The number of carbonyl (C=O) groups excluding carboxylic acids is 2. The average molecular weight is 221 g/mol. The molecule has 0 aliphatic heterocycles. The van der Waals surface area contributed by atoms with E-state index in [1.807, 2.05) is 0 Å². The lowest BCUT2D eigenvalue weighted by Crippen LogP contribution is -2.24. The number of carbonyl (C=O) groups is 2. The summed E-state index contributed by atoms with van der Waals surface area (Å²) < 4.78 is 5.17. The maximum Gasteiger partial charge on any atom is 0.338 e. The summed E-state index contributed by atoms with van der Waals surface area (Å²) in [5, 5.41) is 0. The van der Waals surface area contributed by atoms with Crippen molar-refractivity contribution in [2.45, 2.75) is 26.4 Å². The third-order valence-electron chi connectivity index (χ3n) is 1.85. The summed E-state index contributed by atoms with van der Waals surface area (Å²) in [7, 11) is 0. The maximum absolute atomic E-state index is 11.6. The van der Waals surface area contributed by atoms with E-state index in [1.165, 1.54) is 18.2 Å². The zero-order valence-corrected chi connectivity index (χ0v) is 9.61. The molecule has 0 aliphatic carbocycles. The van der Waals surface area contributed by atoms with Gasteiger partial charge >= 0.3 is 5.97 Å². The quantitative estimate of drug-likeness (QED) is 0.471. The second kappa shape index (κ2) is 4.35. The van der Waals surface area contributed by atoms with Gasteiger partial charge in [-0.1, -0.05) is 0 Å². The second-order valence-electron chi connectivity index (χ2n) is 4.46. The summed E-state index contributed by atoms with van der Waals surface area (Å²) in [6.07, 6.45) is 0.647. The van der Waals surface area contributed by atoms with Gasteiger partial charge in [-0.25, -0.2) is 4.79 Å². The van der Waals surface area contributed by atoms with Crippen molar-refractivity contribution in [1.82, 2.24) is 0 Å². The highest BCUT2D eigenvalue weighted by molar-refractivity contribution is 5.93. The van der Waals surface area contributed by atoms with E-state index in [4.69, 9.17) is 10.5 Å². The molecule has 16 heavy (non-hydrogen) atoms. The highest BCUT2D eigenvalue weighted by Crippen LogP contribution is 2.16. The van der Waals surface area contributed by atoms with Crippen molar-refractivity contribution in [1.29, 1.82) is 0 Å². The van der Waals surface area contributed by atoms with Crippen molar-refractivity contribution in [3.8, 4) is 0 Å². The molecule has 1 aromatic rings. The largest absolute Gasteiger partial charge is 0.456 e. The molecule has 0 bridgehead atoms. The van der Waals surface area contributed by atoms with Crippen LogP contribution < -0.4 is 5.73 Å². The van der Waals surface area contributed by atoms with E-state index in [0.29, 0.717) is 17.4 Å². The summed E-state index contributed by atoms with van der Waals surface area (Å²) in [6, 6.07) is 4.47. The lowest BCUT2D eigenvalue weighted by molar-refractivity contribution is 0.00694. The molecule has 0 aromatic heterocycles. The summed E-state index contributed by atoms with van der Waals surface area (Å²) in [4.78, 5) is 22.2. The molecule has 1 rings (SSSR count). The van der Waals surface area contributed by atoms with Gasteiger partial charge in [0.25, 0.3) is 0 Å². The highest BCUT2D eigenvalue weighted by atomic mass is 16.6. The molecule has 0 aliphatic rings. The smallest absolute Gasteiger partial charge is 0.338 e. The van der Waals surface area contributed by atoms with Crippen molar-refractivity contribution in [3.63, 3.8) is 0 Å². The molecule has 0 saturated carbocycles. The molecule has 1 aromatic carbocycles. The number of nitrogen functional groups attached to an aromatic ring is 1. The SMILES string of the molecule is CC(C)(C)OC(=O)c1ccc(C=O)c(N)c1. The third kappa shape index (κ3) is 3.08. The molecule has 4 nitrogen and oxygen atoms in total. The van der Waals surface area contributed by atoms with Crippen LogP contribution >= 0.6 is 0 Å². The maximum atomic E-state index is 11.6. The van der Waals surface area contributed by atoms with E-state index in [0.717, 1.165) is 0 Å². The van der Waals surface area contributed by atoms with Gasteiger partial charge in [0, 0.05) is 11.3 Å². The summed E-state index contributed by atoms with van der Waals surface area (Å²) in [5.41, 5.74) is 6.04. The first-order valence-electron chi connectivity index (χ1n) is 4.91. The van der Waals surface area contributed by atoms with E-state index < -0.39 is 11.6 Å². The van der Waals surface area contributed by atoms with Crippen LogP contribution in [0.25, 0.3) is 0 Å². The fourth-order valence-corrected chi connectivity index (χ4v) is 1.15. The van der Waals surface area contributed by atoms with Gasteiger partial charge in [-0.3, -0.25) is 4.79 Å². The Morgan fingerprint density at radius 3 is 2.44 bits per heavy atom. The fraction of sp³-hybridized carbons (Fsp3) is 0.333. The van der Waals surface area contributed by atoms with Crippen molar-refractivity contribution in [3.05, 3.63) is 29.3 Å². The predicted octanol–water partition coefficient (Wildman–Crippen LogP) is 2.04. The first-order valence-corrected chi connectivity index (χ1v) is 4.91. The number of rotatable bonds is 2. The Kier molecular flexibility index (Phi) is 3.32. The van der Waals surface area contributed by atoms with Crippen LogP contribution in [0.1, 0.15) is 41.5 Å². The minimum Gasteiger partial charge on any atom is -0.456 e. The topological polar surface area (TPSA) is 69.4 Å². The van der Waals surface area contributed by atoms with Gasteiger partial charge in [0.15, 0.2) is 6.29 Å². The van der Waals surface area contributed by atoms with Crippen molar-refractivity contribution < 1.29 is 14.3 Å². The highest BCUT2D eigenvalue weighted by Gasteiger charge is 2.18. The second-order valence-corrected chi connectivity index (χ2v) is 4.46. The summed E-state index contributed by atoms with van der Waals surface area (Å²) in [6.45, 7) is 5.36. The number of benzene rings is 1. The van der Waals surface area contributed by atoms with Gasteiger partial charge in [-0.05, 0) is 39.0 Å². The molecule has 0 heterocycles. The van der Waals surface area contributed by atoms with Gasteiger partial charge in [-0.15, -0.1) is 0 Å². The van der Waals surface area contributed by atoms with Crippen LogP contribution in [0, 0.1) is 0 Å². The van der Waals surface area contributed by atoms with Gasteiger partial charge in [0.2, 0.25) is 0 Å². The number of esters is 1. The molecule has 0 unspecified atom stereocenters. The van der Waals surface area contributed by atoms with E-state index in [2.05, 4.69) is 0 Å². The zero-order chi connectivity index (χ0) is 12.3. The summed E-state index contributed by atoms with van der Waals surface area (Å²) in [5.74, 6) is -0.448. The zero-order valence-electron chi connectivity index (χ0n) is 9.61. The van der Waals surface area contributed by atoms with Crippen LogP contribution in [0.2, 0.25) is 0 Å². The van der Waals surface area contributed by atoms with E-state index in [1.54, 1.807) is 20.8 Å². The van der Waals surface area contributed by atoms with Crippen LogP contribution in [0.4, 0.5) is 5.69 Å². The lowest BCUT2D eigenvalue weighted by Gasteiger charge is -2.19. The van der Waals surface area contributed by atoms with Crippen LogP contribution in [0.3, 0.4) is 0 Å². The standard InChI is InChI=1S/C12H15NO3/c1-12(2,3)16-11(15)8-4-5-9(7-14)10(13)6-8/h4-7H,13H2,1-3H3. The third-order valence-corrected chi connectivity index (χ3v) is 1.85. The Morgan fingerprint density at radius 2 is 2.00 bits per heavy atom. The van der Waals surface area contributed by atoms with E-state index in [-0.39, 0.29) is 5.69 Å². The van der Waals surface area contributed by atoms with Gasteiger partial charge < -0.3 is 10.5 Å². The Morgan fingerprint density at radius 1 is 1.38 bits per heavy atom. The van der Waals surface area contributed by atoms with Gasteiger partial charge in [0.1, 0.15) is 5.60 Å². The minimum atomic E-state index is -0.546. The first-order chi connectivity index (χ1) is 7.33. The molecule has 2 N–H and O–H groups in total. The fourth-order valence-electron chi connectivity index (χ4n) is 1.15. The normalized spacial score (nSPS) is 10.9. The van der Waals surface area contributed by atoms with Crippen molar-refractivity contribution >= 4 is 17.9 Å². The molecular formula is C12H15NO3. The molecule has 4 heteroatoms. The number of hydrogen-bond acceptors (Lipinski definition) is 4. The number of aldehydes is 1. The molecule has 0 fully saturated rings. The lowest BCUT2D eigenvalue weighted by atomic mass is 10.1. The number of hydrogen-bond donors (Lipinski definition) is 1. The molecular weight excluding hydrogens is 206 g/mol. The van der Waals surface area contributed by atoms with Gasteiger partial charge in [-0.2, -0.15) is 0 Å². The van der Waals surface area contributed by atoms with Crippen molar-refractivity contribution in [2.24, 2.45) is 0 Å². The van der Waals surface area contributed by atoms with E-state index in [9.17, 15) is 9.59 Å². The number of nitrogens with two attached hydrogens (primary N) is 1. The van der Waals surface area contributed by atoms with Crippen LogP contribution in [0.5, 0.6) is 0 Å². The Balaban J connectivity index is 2.94. The van der Waals surface area contributed by atoms with E-state index >= 15 is 0 Å². The van der Waals surface area contributed by atoms with Crippen LogP contribution in [-0.4, -0.2) is 17.9 Å². The molecule has 0 saturated heterocycles. The Bertz CT molecular complexity index is 419. The Labute approximate surface area is 94.4 Å². The molecule has 0 radical (unpaired) electrons. The monoisotopic (exact) mass is 221 g/mol. The Hall–Kier alpha value is -1.84. The molecule has 0 atom stereocenters. The van der Waals surface area contributed by atoms with Crippen molar-refractivity contribution in [2.75, 3.05) is 5.73 Å². The predicted molar refractivity (Wildman–Crippen MR) is 61.4 cm³/mol. The minimum absolute atomic E-state index is 0.276. The number of ether oxygens (including phenoxy) is 1. The summed E-state index contributed by atoms with van der Waals surface area (Å²) >= 11 is 0.